The molecule has 1 heterocycles. The highest BCUT2D eigenvalue weighted by molar-refractivity contribution is 6.39. The van der Waals surface area contributed by atoms with Crippen LogP contribution in [-0.4, -0.2) is 18.0 Å². The van der Waals surface area contributed by atoms with Crippen molar-refractivity contribution >= 4 is 23.7 Å². The highest BCUT2D eigenvalue weighted by atomic mass is 19.1. The fourth-order valence-electron chi connectivity index (χ4n) is 1.48. The number of nitrogens with one attached hydrogen (secondary N) is 2. The van der Waals surface area contributed by atoms with Gasteiger partial charge in [-0.05, 0) is 37.3 Å². The molecule has 7 heteroatoms. The number of hydrogen-bond donors (Lipinski definition) is 2. The lowest BCUT2D eigenvalue weighted by Gasteiger charge is -2.03. The maximum Gasteiger partial charge on any atom is 0.329 e. The van der Waals surface area contributed by atoms with Crippen LogP contribution in [0.2, 0.25) is 0 Å². The second-order valence-electron chi connectivity index (χ2n) is 4.11. The zero-order valence-electron chi connectivity index (χ0n) is 11.1. The van der Waals surface area contributed by atoms with Gasteiger partial charge in [-0.3, -0.25) is 9.59 Å². The Morgan fingerprint density at radius 2 is 2.05 bits per heavy atom. The van der Waals surface area contributed by atoms with Crippen LogP contribution in [0.5, 0.6) is 0 Å². The SMILES string of the molecule is Cc1ccc(/C=N\NC(=O)C(=O)Nc2cccc(F)c2)o1. The normalized spacial score (nSPS) is 10.6. The van der Waals surface area contributed by atoms with Crippen LogP contribution >= 0.6 is 0 Å². The molecular weight excluding hydrogens is 277 g/mol. The number of carbonyl (C=O) groups is 2. The summed E-state index contributed by atoms with van der Waals surface area (Å²) in [5, 5.41) is 5.83. The number of benzene rings is 1. The van der Waals surface area contributed by atoms with Crippen LogP contribution in [-0.2, 0) is 9.59 Å². The lowest BCUT2D eigenvalue weighted by atomic mass is 10.3. The molecule has 0 spiro atoms. The summed E-state index contributed by atoms with van der Waals surface area (Å²) in [6.45, 7) is 1.77. The van der Waals surface area contributed by atoms with Crippen molar-refractivity contribution in [2.45, 2.75) is 6.92 Å². The molecule has 0 saturated carbocycles. The van der Waals surface area contributed by atoms with Crippen LogP contribution < -0.4 is 10.7 Å². The van der Waals surface area contributed by atoms with Gasteiger partial charge in [-0.1, -0.05) is 6.07 Å². The smallest absolute Gasteiger partial charge is 0.329 e. The Hall–Kier alpha value is -2.96. The third kappa shape index (κ3) is 4.27. The van der Waals surface area contributed by atoms with E-state index < -0.39 is 17.6 Å². The molecule has 0 unspecified atom stereocenters. The van der Waals surface area contributed by atoms with Crippen LogP contribution in [0.25, 0.3) is 0 Å². The average Bonchev–Trinajstić information content (AvgIpc) is 2.84. The summed E-state index contributed by atoms with van der Waals surface area (Å²) in [5.41, 5.74) is 2.22. The Labute approximate surface area is 119 Å². The van der Waals surface area contributed by atoms with Gasteiger partial charge < -0.3 is 9.73 Å². The second-order valence-corrected chi connectivity index (χ2v) is 4.11. The van der Waals surface area contributed by atoms with Gasteiger partial charge >= 0.3 is 11.8 Å². The zero-order valence-corrected chi connectivity index (χ0v) is 11.1. The van der Waals surface area contributed by atoms with E-state index in [0.29, 0.717) is 11.5 Å². The maximum atomic E-state index is 12.9. The number of aryl methyl sites for hydroxylation is 1. The van der Waals surface area contributed by atoms with Gasteiger partial charge in [0.2, 0.25) is 0 Å². The van der Waals surface area contributed by atoms with Gasteiger partial charge in [0, 0.05) is 5.69 Å². The van der Waals surface area contributed by atoms with Gasteiger partial charge in [-0.15, -0.1) is 0 Å². The Kier molecular flexibility index (Phi) is 4.45. The first-order valence-electron chi connectivity index (χ1n) is 6.01. The number of rotatable bonds is 3. The van der Waals surface area contributed by atoms with Crippen molar-refractivity contribution < 1.29 is 18.4 Å². The van der Waals surface area contributed by atoms with Gasteiger partial charge in [-0.25, -0.2) is 9.82 Å². The molecule has 0 radical (unpaired) electrons. The van der Waals surface area contributed by atoms with Gasteiger partial charge in [0.15, 0.2) is 0 Å². The van der Waals surface area contributed by atoms with Crippen molar-refractivity contribution in [3.63, 3.8) is 0 Å². The fourth-order valence-corrected chi connectivity index (χ4v) is 1.48. The highest BCUT2D eigenvalue weighted by Crippen LogP contribution is 2.08. The van der Waals surface area contributed by atoms with E-state index in [1.54, 1.807) is 19.1 Å². The second kappa shape index (κ2) is 6.47. The van der Waals surface area contributed by atoms with E-state index in [-0.39, 0.29) is 5.69 Å². The molecule has 0 fully saturated rings. The Morgan fingerprint density at radius 1 is 1.24 bits per heavy atom. The van der Waals surface area contributed by atoms with Gasteiger partial charge in [0.1, 0.15) is 17.3 Å². The van der Waals surface area contributed by atoms with E-state index in [2.05, 4.69) is 10.4 Å². The number of nitrogens with zero attached hydrogens (tertiary/aromatic N) is 1. The highest BCUT2D eigenvalue weighted by Gasteiger charge is 2.13. The number of hydrazone groups is 1. The van der Waals surface area contributed by atoms with Crippen molar-refractivity contribution in [2.24, 2.45) is 5.10 Å². The molecule has 108 valence electrons. The van der Waals surface area contributed by atoms with Gasteiger partial charge in [0.25, 0.3) is 0 Å². The number of hydrogen-bond acceptors (Lipinski definition) is 4. The number of amides is 2. The molecule has 2 rings (SSSR count). The lowest BCUT2D eigenvalue weighted by molar-refractivity contribution is -0.136. The van der Waals surface area contributed by atoms with E-state index in [9.17, 15) is 14.0 Å². The Bertz CT molecular complexity index is 694. The van der Waals surface area contributed by atoms with Crippen molar-refractivity contribution in [3.05, 3.63) is 53.7 Å². The number of halogens is 1. The van der Waals surface area contributed by atoms with E-state index in [4.69, 9.17) is 4.42 Å². The van der Waals surface area contributed by atoms with Crippen molar-refractivity contribution in [1.29, 1.82) is 0 Å². The maximum absolute atomic E-state index is 12.9. The Balaban J connectivity index is 1.88. The topological polar surface area (TPSA) is 83.7 Å². The standard InChI is InChI=1S/C14H12FN3O3/c1-9-5-6-12(21-9)8-16-18-14(20)13(19)17-11-4-2-3-10(15)7-11/h2-8H,1H3,(H,17,19)(H,18,20)/b16-8-. The summed E-state index contributed by atoms with van der Waals surface area (Å²) < 4.78 is 18.1. The number of carbonyl (C=O) groups excluding carboxylic acids is 2. The predicted molar refractivity (Wildman–Crippen MR) is 74.2 cm³/mol. The lowest BCUT2D eigenvalue weighted by Crippen LogP contribution is -2.32. The van der Waals surface area contributed by atoms with Crippen LogP contribution in [0.1, 0.15) is 11.5 Å². The van der Waals surface area contributed by atoms with Crippen LogP contribution in [0.4, 0.5) is 10.1 Å². The first-order valence-corrected chi connectivity index (χ1v) is 6.01. The molecule has 6 nitrogen and oxygen atoms in total. The van der Waals surface area contributed by atoms with Crippen molar-refractivity contribution in [3.8, 4) is 0 Å². The summed E-state index contributed by atoms with van der Waals surface area (Å²) in [6, 6.07) is 8.60. The summed E-state index contributed by atoms with van der Waals surface area (Å²) in [7, 11) is 0. The minimum absolute atomic E-state index is 0.181. The minimum Gasteiger partial charge on any atom is -0.460 e. The van der Waals surface area contributed by atoms with E-state index in [0.717, 1.165) is 6.07 Å². The minimum atomic E-state index is -0.973. The van der Waals surface area contributed by atoms with Crippen LogP contribution in [0, 0.1) is 12.7 Å². The molecule has 0 atom stereocenters. The molecule has 0 aliphatic rings. The first kappa shape index (κ1) is 14.4. The number of furan rings is 1. The molecule has 0 bridgehead atoms. The van der Waals surface area contributed by atoms with E-state index in [1.165, 1.54) is 24.4 Å². The van der Waals surface area contributed by atoms with E-state index >= 15 is 0 Å². The average molecular weight is 289 g/mol. The molecule has 0 aliphatic heterocycles. The van der Waals surface area contributed by atoms with Crippen molar-refractivity contribution in [2.75, 3.05) is 5.32 Å². The van der Waals surface area contributed by atoms with E-state index in [1.807, 2.05) is 5.43 Å². The molecule has 2 N–H and O–H groups in total. The summed E-state index contributed by atoms with van der Waals surface area (Å²) in [5.74, 6) is -1.29. The molecule has 1 aromatic heterocycles. The van der Waals surface area contributed by atoms with Gasteiger partial charge in [0.05, 0.1) is 6.21 Å². The fraction of sp³-hybridized carbons (Fsp3) is 0.0714. The monoisotopic (exact) mass is 289 g/mol. The Morgan fingerprint density at radius 3 is 2.71 bits per heavy atom. The third-order valence-electron chi connectivity index (χ3n) is 2.41. The summed E-state index contributed by atoms with van der Waals surface area (Å²) >= 11 is 0. The quantitative estimate of drug-likeness (QED) is 0.513. The molecule has 21 heavy (non-hydrogen) atoms. The molecule has 2 aromatic rings. The molecule has 1 aromatic carbocycles. The van der Waals surface area contributed by atoms with Crippen LogP contribution in [0.3, 0.4) is 0 Å². The molecule has 0 aliphatic carbocycles. The predicted octanol–water partition coefficient (Wildman–Crippen LogP) is 1.82. The van der Waals surface area contributed by atoms with Crippen LogP contribution in [0.15, 0.2) is 45.9 Å². The van der Waals surface area contributed by atoms with Crippen molar-refractivity contribution in [1.82, 2.24) is 5.43 Å². The number of anilines is 1. The molecule has 0 saturated heterocycles. The zero-order chi connectivity index (χ0) is 15.2. The largest absolute Gasteiger partial charge is 0.460 e. The van der Waals surface area contributed by atoms with Gasteiger partial charge in [-0.2, -0.15) is 5.10 Å². The summed E-state index contributed by atoms with van der Waals surface area (Å²) in [6.07, 6.45) is 1.26. The molecular formula is C14H12FN3O3. The first-order chi connectivity index (χ1) is 10.0. The molecule has 2 amide bonds. The summed E-state index contributed by atoms with van der Waals surface area (Å²) in [4.78, 5) is 23.0. The third-order valence-corrected chi connectivity index (χ3v) is 2.41.